The van der Waals surface area contributed by atoms with Crippen molar-refractivity contribution in [2.75, 3.05) is 0 Å². The number of benzene rings is 7. The normalized spacial score (nSPS) is 11.8. The molecule has 0 saturated carbocycles. The van der Waals surface area contributed by atoms with E-state index >= 15 is 0 Å². The Bertz CT molecular complexity index is 3510. The van der Waals surface area contributed by atoms with Crippen molar-refractivity contribution in [2.24, 2.45) is 0 Å². The predicted octanol–water partition coefficient (Wildman–Crippen LogP) is 15.7. The minimum Gasteiger partial charge on any atom is -0.507 e. The van der Waals surface area contributed by atoms with Crippen LogP contribution in [0, 0.1) is 11.3 Å². The summed E-state index contributed by atoms with van der Waals surface area (Å²) >= 11 is 0. The Morgan fingerprint density at radius 3 is 1.82 bits per heavy atom. The molecule has 1 N–H and O–H groups in total. The van der Waals surface area contributed by atoms with Gasteiger partial charge in [-0.15, -0.1) is 0 Å². The zero-order valence-electron chi connectivity index (χ0n) is 38.1. The van der Waals surface area contributed by atoms with Crippen LogP contribution in [-0.4, -0.2) is 19.6 Å². The SMILES string of the molecule is CC(C)(C)c1cc(-c2cc(-c3cccc(-c4cc(-c5cccc6c7ccccc7n(-c7cccc(-c8cccc(C#N)c8)c7)c56)ccn4)c3)nc(-c3ccccc3O)c2)cc(C(C)(C)C)c1. The summed E-state index contributed by atoms with van der Waals surface area (Å²) < 4.78 is 2.36. The number of aromatic nitrogens is 3. The van der Waals surface area contributed by atoms with Crippen molar-refractivity contribution in [3.05, 3.63) is 205 Å². The molecule has 0 aliphatic heterocycles. The highest BCUT2D eigenvalue weighted by Crippen LogP contribution is 2.41. The zero-order chi connectivity index (χ0) is 45.7. The van der Waals surface area contributed by atoms with Crippen LogP contribution in [0.4, 0.5) is 0 Å². The van der Waals surface area contributed by atoms with Crippen LogP contribution < -0.4 is 0 Å². The number of pyridine rings is 2. The molecule has 3 heterocycles. The third-order valence-electron chi connectivity index (χ3n) is 12.7. The molecule has 0 bridgehead atoms. The standard InChI is InChI=1S/C61H50N4O/c1-60(2,3)47-31-45(32-48(37-47)61(4,5)6)46-35-55(64-56(36-46)53-22-8-10-26-58(53)66)44-19-12-18-43(30-44)54-34-42(27-28-63-54)50-23-14-24-52-51-21-7-9-25-57(51)65(59(50)52)49-20-13-17-41(33-49)40-16-11-15-39(29-40)38-62/h7-37,66H,1-6H3. The molecule has 5 heteroatoms. The topological polar surface area (TPSA) is 74.7 Å². The van der Waals surface area contributed by atoms with Crippen LogP contribution in [-0.2, 0) is 10.8 Å². The van der Waals surface area contributed by atoms with Gasteiger partial charge in [-0.05, 0) is 123 Å². The quantitative estimate of drug-likeness (QED) is 0.173. The average Bonchev–Trinajstić information content (AvgIpc) is 3.68. The van der Waals surface area contributed by atoms with Crippen LogP contribution >= 0.6 is 0 Å². The summed E-state index contributed by atoms with van der Waals surface area (Å²) in [6.45, 7) is 13.6. The molecule has 3 aromatic heterocycles. The Hall–Kier alpha value is -8.07. The van der Waals surface area contributed by atoms with Crippen molar-refractivity contribution >= 4 is 21.8 Å². The second-order valence-corrected chi connectivity index (χ2v) is 19.3. The first-order valence-electron chi connectivity index (χ1n) is 22.5. The highest BCUT2D eigenvalue weighted by molar-refractivity contribution is 6.14. The summed E-state index contributed by atoms with van der Waals surface area (Å²) in [4.78, 5) is 10.2. The predicted molar refractivity (Wildman–Crippen MR) is 273 cm³/mol. The van der Waals surface area contributed by atoms with E-state index < -0.39 is 0 Å². The number of hydrogen-bond donors (Lipinski definition) is 1. The molecule has 0 saturated heterocycles. The number of aromatic hydroxyl groups is 1. The summed E-state index contributed by atoms with van der Waals surface area (Å²) in [5, 5.41) is 23.1. The first-order chi connectivity index (χ1) is 31.8. The Labute approximate surface area is 387 Å². The van der Waals surface area contributed by atoms with Gasteiger partial charge in [-0.3, -0.25) is 4.98 Å². The molecule has 5 nitrogen and oxygen atoms in total. The van der Waals surface area contributed by atoms with Crippen molar-refractivity contribution in [1.82, 2.24) is 14.5 Å². The van der Waals surface area contributed by atoms with Crippen LogP contribution in [0.5, 0.6) is 5.75 Å². The average molecular weight is 855 g/mol. The van der Waals surface area contributed by atoms with Gasteiger partial charge in [0.25, 0.3) is 0 Å². The van der Waals surface area contributed by atoms with E-state index in [0.717, 1.165) is 78.0 Å². The number of phenols is 1. The van der Waals surface area contributed by atoms with E-state index in [9.17, 15) is 10.4 Å². The van der Waals surface area contributed by atoms with Gasteiger partial charge < -0.3 is 9.67 Å². The first-order valence-corrected chi connectivity index (χ1v) is 22.5. The van der Waals surface area contributed by atoms with E-state index in [4.69, 9.17) is 9.97 Å². The minimum absolute atomic E-state index is 0.0538. The zero-order valence-corrected chi connectivity index (χ0v) is 38.1. The lowest BCUT2D eigenvalue weighted by atomic mass is 9.79. The van der Waals surface area contributed by atoms with Crippen LogP contribution in [0.25, 0.3) is 94.6 Å². The van der Waals surface area contributed by atoms with Crippen molar-refractivity contribution < 1.29 is 5.11 Å². The van der Waals surface area contributed by atoms with Gasteiger partial charge in [0.05, 0.1) is 39.7 Å². The maximum Gasteiger partial charge on any atom is 0.124 e. The summed E-state index contributed by atoms with van der Waals surface area (Å²) in [6.07, 6.45) is 1.90. The van der Waals surface area contributed by atoms with Crippen LogP contribution in [0.1, 0.15) is 58.2 Å². The number of fused-ring (bicyclic) bond motifs is 3. The van der Waals surface area contributed by atoms with E-state index in [1.165, 1.54) is 16.5 Å². The first kappa shape index (κ1) is 41.9. The molecule has 0 amide bonds. The lowest BCUT2D eigenvalue weighted by molar-refractivity contribution is 0.477. The maximum atomic E-state index is 11.1. The number of rotatable bonds is 7. The number of hydrogen-bond acceptors (Lipinski definition) is 4. The molecule has 0 atom stereocenters. The van der Waals surface area contributed by atoms with E-state index in [1.54, 1.807) is 6.07 Å². The molecule has 10 aromatic rings. The highest BCUT2D eigenvalue weighted by Gasteiger charge is 2.23. The monoisotopic (exact) mass is 854 g/mol. The van der Waals surface area contributed by atoms with Crippen molar-refractivity contribution in [1.29, 1.82) is 5.26 Å². The van der Waals surface area contributed by atoms with Crippen molar-refractivity contribution in [2.45, 2.75) is 52.4 Å². The lowest BCUT2D eigenvalue weighted by Gasteiger charge is -2.26. The molecule has 0 spiro atoms. The molecule has 0 fully saturated rings. The Morgan fingerprint density at radius 1 is 0.470 bits per heavy atom. The highest BCUT2D eigenvalue weighted by atomic mass is 16.3. The van der Waals surface area contributed by atoms with Crippen LogP contribution in [0.3, 0.4) is 0 Å². The molecular weight excluding hydrogens is 805 g/mol. The van der Waals surface area contributed by atoms with E-state index in [0.29, 0.717) is 16.8 Å². The van der Waals surface area contributed by atoms with Crippen molar-refractivity contribution in [3.8, 4) is 84.7 Å². The third-order valence-corrected chi connectivity index (χ3v) is 12.7. The van der Waals surface area contributed by atoms with Gasteiger partial charge in [0.2, 0.25) is 0 Å². The third kappa shape index (κ3) is 7.92. The number of nitrogens with zero attached hydrogens (tertiary/aromatic N) is 4. The molecule has 0 unspecified atom stereocenters. The largest absolute Gasteiger partial charge is 0.507 e. The molecule has 66 heavy (non-hydrogen) atoms. The maximum absolute atomic E-state index is 11.1. The van der Waals surface area contributed by atoms with Gasteiger partial charge in [0.15, 0.2) is 0 Å². The van der Waals surface area contributed by atoms with Gasteiger partial charge >= 0.3 is 0 Å². The van der Waals surface area contributed by atoms with Gasteiger partial charge in [0, 0.05) is 44.9 Å². The molecular formula is C61H50N4O. The fourth-order valence-corrected chi connectivity index (χ4v) is 9.04. The van der Waals surface area contributed by atoms with Gasteiger partial charge in [-0.25, -0.2) is 4.98 Å². The summed E-state index contributed by atoms with van der Waals surface area (Å²) in [5.41, 5.74) is 17.6. The van der Waals surface area contributed by atoms with Gasteiger partial charge in [-0.2, -0.15) is 5.26 Å². The number of phenolic OH excluding ortho intramolecular Hbond substituents is 1. The van der Waals surface area contributed by atoms with Gasteiger partial charge in [-0.1, -0.05) is 151 Å². The number of para-hydroxylation sites is 3. The Morgan fingerprint density at radius 2 is 1.06 bits per heavy atom. The fourth-order valence-electron chi connectivity index (χ4n) is 9.04. The fraction of sp³-hybridized carbons (Fsp3) is 0.131. The molecule has 0 aliphatic carbocycles. The Balaban J connectivity index is 1.10. The van der Waals surface area contributed by atoms with E-state index in [2.05, 4.69) is 192 Å². The van der Waals surface area contributed by atoms with Gasteiger partial charge in [0.1, 0.15) is 5.75 Å². The molecule has 0 radical (unpaired) electrons. The van der Waals surface area contributed by atoms with E-state index in [-0.39, 0.29) is 16.6 Å². The smallest absolute Gasteiger partial charge is 0.124 e. The second kappa shape index (κ2) is 16.5. The Kier molecular flexibility index (Phi) is 10.5. The summed E-state index contributed by atoms with van der Waals surface area (Å²) in [5.74, 6) is 0.189. The summed E-state index contributed by atoms with van der Waals surface area (Å²) in [7, 11) is 0. The molecule has 320 valence electrons. The molecule has 10 rings (SSSR count). The minimum atomic E-state index is -0.0538. The van der Waals surface area contributed by atoms with Crippen LogP contribution in [0.15, 0.2) is 188 Å². The number of nitriles is 1. The van der Waals surface area contributed by atoms with E-state index in [1.807, 2.05) is 42.6 Å². The second-order valence-electron chi connectivity index (χ2n) is 19.3. The lowest BCUT2D eigenvalue weighted by Crippen LogP contribution is -2.16. The summed E-state index contributed by atoms with van der Waals surface area (Å²) in [6, 6.07) is 65.1. The molecule has 7 aromatic carbocycles. The van der Waals surface area contributed by atoms with Crippen molar-refractivity contribution in [3.63, 3.8) is 0 Å². The van der Waals surface area contributed by atoms with Crippen LogP contribution in [0.2, 0.25) is 0 Å². The molecule has 0 aliphatic rings.